The minimum atomic E-state index is -3.51. The van der Waals surface area contributed by atoms with Crippen LogP contribution < -0.4 is 5.32 Å². The Labute approximate surface area is 186 Å². The molecule has 0 fully saturated rings. The molecule has 0 saturated carbocycles. The van der Waals surface area contributed by atoms with E-state index in [1.54, 1.807) is 40.9 Å². The van der Waals surface area contributed by atoms with E-state index in [1.807, 2.05) is 18.2 Å². The summed E-state index contributed by atoms with van der Waals surface area (Å²) >= 11 is 0. The summed E-state index contributed by atoms with van der Waals surface area (Å²) in [5.74, 6) is 0.319. The predicted molar refractivity (Wildman–Crippen MR) is 122 cm³/mol. The molecule has 9 nitrogen and oxygen atoms in total. The highest BCUT2D eigenvalue weighted by atomic mass is 32.2. The van der Waals surface area contributed by atoms with Gasteiger partial charge in [-0.05, 0) is 48.5 Å². The monoisotopic (exact) mass is 471 g/mol. The van der Waals surface area contributed by atoms with E-state index in [4.69, 9.17) is 0 Å². The summed E-state index contributed by atoms with van der Waals surface area (Å²) in [5.41, 5.74) is 2.56. The summed E-state index contributed by atoms with van der Waals surface area (Å²) in [5, 5.41) is 7.56. The minimum Gasteiger partial charge on any atom is -0.323 e. The highest BCUT2D eigenvalue weighted by Crippen LogP contribution is 2.25. The van der Waals surface area contributed by atoms with Gasteiger partial charge in [0.05, 0.1) is 15.5 Å². The van der Waals surface area contributed by atoms with Crippen LogP contribution in [0.15, 0.2) is 76.5 Å². The second-order valence-corrected chi connectivity index (χ2v) is 11.5. The standard InChI is InChI=1S/C21H21N5O4S2/c1-25(2)32(29,30)17-12-10-16(11-13-17)22-21-23-20-9-5-8-19(26(20)24-21)15-6-4-7-18(14-15)31(3,27)28/h4-14H,1-3H3,(H,22,24). The quantitative estimate of drug-likeness (QED) is 0.460. The van der Waals surface area contributed by atoms with Gasteiger partial charge in [-0.25, -0.2) is 25.7 Å². The van der Waals surface area contributed by atoms with E-state index >= 15 is 0 Å². The molecule has 2 heterocycles. The van der Waals surface area contributed by atoms with Crippen molar-refractivity contribution < 1.29 is 16.8 Å². The van der Waals surface area contributed by atoms with Crippen molar-refractivity contribution >= 4 is 37.1 Å². The van der Waals surface area contributed by atoms with Gasteiger partial charge < -0.3 is 5.32 Å². The van der Waals surface area contributed by atoms with E-state index in [-0.39, 0.29) is 9.79 Å². The molecule has 166 valence electrons. The van der Waals surface area contributed by atoms with Crippen LogP contribution in [-0.4, -0.2) is 56.1 Å². The van der Waals surface area contributed by atoms with Crippen LogP contribution >= 0.6 is 0 Å². The van der Waals surface area contributed by atoms with Crippen LogP contribution in [0.1, 0.15) is 0 Å². The number of rotatable bonds is 6. The number of nitrogens with one attached hydrogen (secondary N) is 1. The lowest BCUT2D eigenvalue weighted by molar-refractivity contribution is 0.521. The van der Waals surface area contributed by atoms with Crippen molar-refractivity contribution in [2.24, 2.45) is 0 Å². The van der Waals surface area contributed by atoms with Crippen molar-refractivity contribution in [3.05, 3.63) is 66.7 Å². The number of fused-ring (bicyclic) bond motifs is 1. The van der Waals surface area contributed by atoms with E-state index in [1.165, 1.54) is 32.5 Å². The number of hydrogen-bond donors (Lipinski definition) is 1. The second-order valence-electron chi connectivity index (χ2n) is 7.35. The molecule has 0 bridgehead atoms. The summed E-state index contributed by atoms with van der Waals surface area (Å²) in [6.45, 7) is 0. The van der Waals surface area contributed by atoms with Gasteiger partial charge in [-0.3, -0.25) is 0 Å². The summed E-state index contributed by atoms with van der Waals surface area (Å²) in [7, 11) is -3.90. The van der Waals surface area contributed by atoms with E-state index < -0.39 is 19.9 Å². The summed E-state index contributed by atoms with van der Waals surface area (Å²) in [6, 6.07) is 18.4. The zero-order valence-corrected chi connectivity index (χ0v) is 19.2. The third-order valence-electron chi connectivity index (χ3n) is 4.81. The molecule has 4 aromatic rings. The molecule has 0 radical (unpaired) electrons. The molecule has 0 unspecified atom stereocenters. The Morgan fingerprint density at radius 1 is 0.875 bits per heavy atom. The van der Waals surface area contributed by atoms with Crippen molar-refractivity contribution in [2.45, 2.75) is 9.79 Å². The number of pyridine rings is 1. The molecular weight excluding hydrogens is 450 g/mol. The van der Waals surface area contributed by atoms with Gasteiger partial charge >= 0.3 is 0 Å². The van der Waals surface area contributed by atoms with Gasteiger partial charge in [0, 0.05) is 31.6 Å². The number of nitrogens with zero attached hydrogens (tertiary/aromatic N) is 4. The van der Waals surface area contributed by atoms with Crippen LogP contribution in [0.5, 0.6) is 0 Å². The molecule has 0 aliphatic rings. The molecule has 2 aromatic carbocycles. The van der Waals surface area contributed by atoms with Crippen LogP contribution in [0.25, 0.3) is 16.9 Å². The highest BCUT2D eigenvalue weighted by Gasteiger charge is 2.17. The largest absolute Gasteiger partial charge is 0.323 e. The fourth-order valence-electron chi connectivity index (χ4n) is 3.11. The molecule has 0 aliphatic carbocycles. The first-order chi connectivity index (χ1) is 15.1. The van der Waals surface area contributed by atoms with E-state index in [9.17, 15) is 16.8 Å². The first-order valence-electron chi connectivity index (χ1n) is 9.51. The number of benzene rings is 2. The van der Waals surface area contributed by atoms with Crippen molar-refractivity contribution in [3.63, 3.8) is 0 Å². The molecule has 0 saturated heterocycles. The fourth-order valence-corrected chi connectivity index (χ4v) is 4.68. The normalized spacial score (nSPS) is 12.4. The summed E-state index contributed by atoms with van der Waals surface area (Å²) < 4.78 is 51.1. The molecular formula is C21H21N5O4S2. The molecule has 11 heteroatoms. The van der Waals surface area contributed by atoms with Gasteiger partial charge in [-0.15, -0.1) is 5.10 Å². The SMILES string of the molecule is CN(C)S(=O)(=O)c1ccc(Nc2nc3cccc(-c4cccc(S(C)(=O)=O)c4)n3n2)cc1. The molecule has 0 aliphatic heterocycles. The minimum absolute atomic E-state index is 0.184. The van der Waals surface area contributed by atoms with Crippen molar-refractivity contribution in [1.29, 1.82) is 0 Å². The molecule has 32 heavy (non-hydrogen) atoms. The number of anilines is 2. The molecule has 1 N–H and O–H groups in total. The van der Waals surface area contributed by atoms with Crippen LogP contribution in [0.3, 0.4) is 0 Å². The molecule has 0 atom stereocenters. The lowest BCUT2D eigenvalue weighted by Gasteiger charge is -2.11. The van der Waals surface area contributed by atoms with Gasteiger partial charge in [0.1, 0.15) is 0 Å². The first-order valence-corrected chi connectivity index (χ1v) is 12.8. The number of sulfone groups is 1. The first kappa shape index (κ1) is 21.9. The smallest absolute Gasteiger partial charge is 0.247 e. The number of hydrogen-bond acceptors (Lipinski definition) is 7. The van der Waals surface area contributed by atoms with Crippen LogP contribution in [-0.2, 0) is 19.9 Å². The van der Waals surface area contributed by atoms with Gasteiger partial charge in [0.15, 0.2) is 15.5 Å². The van der Waals surface area contributed by atoms with Gasteiger partial charge in [-0.2, -0.15) is 4.98 Å². The Morgan fingerprint density at radius 2 is 1.56 bits per heavy atom. The Kier molecular flexibility index (Phi) is 5.49. The maximum absolute atomic E-state index is 12.2. The molecule has 0 spiro atoms. The van der Waals surface area contributed by atoms with E-state index in [0.29, 0.717) is 28.5 Å². The average molecular weight is 472 g/mol. The maximum atomic E-state index is 12.2. The van der Waals surface area contributed by atoms with Crippen LogP contribution in [0.4, 0.5) is 11.6 Å². The lowest BCUT2D eigenvalue weighted by atomic mass is 10.1. The highest BCUT2D eigenvalue weighted by molar-refractivity contribution is 7.90. The Bertz CT molecular complexity index is 1510. The topological polar surface area (TPSA) is 114 Å². The zero-order valence-electron chi connectivity index (χ0n) is 17.6. The zero-order chi connectivity index (χ0) is 23.1. The number of aromatic nitrogens is 3. The fraction of sp³-hybridized carbons (Fsp3) is 0.143. The van der Waals surface area contributed by atoms with Gasteiger partial charge in [0.2, 0.25) is 16.0 Å². The third kappa shape index (κ3) is 4.22. The second kappa shape index (κ2) is 8.01. The molecule has 2 aromatic heterocycles. The van der Waals surface area contributed by atoms with Gasteiger partial charge in [0.25, 0.3) is 0 Å². The van der Waals surface area contributed by atoms with Crippen LogP contribution in [0.2, 0.25) is 0 Å². The predicted octanol–water partition coefficient (Wildman–Crippen LogP) is 2.79. The van der Waals surface area contributed by atoms with Crippen molar-refractivity contribution in [2.75, 3.05) is 25.7 Å². The van der Waals surface area contributed by atoms with Gasteiger partial charge in [-0.1, -0.05) is 18.2 Å². The summed E-state index contributed by atoms with van der Waals surface area (Å²) in [4.78, 5) is 4.87. The van der Waals surface area contributed by atoms with Crippen LogP contribution in [0, 0.1) is 0 Å². The Morgan fingerprint density at radius 3 is 2.22 bits per heavy atom. The average Bonchev–Trinajstić information content (AvgIpc) is 3.16. The lowest BCUT2D eigenvalue weighted by Crippen LogP contribution is -2.22. The van der Waals surface area contributed by atoms with E-state index in [2.05, 4.69) is 15.4 Å². The van der Waals surface area contributed by atoms with Crippen molar-refractivity contribution in [3.8, 4) is 11.3 Å². The number of sulfonamides is 1. The molecule has 0 amide bonds. The Hall–Kier alpha value is -3.28. The van der Waals surface area contributed by atoms with E-state index in [0.717, 1.165) is 4.31 Å². The Balaban J connectivity index is 1.67. The molecule has 4 rings (SSSR count). The summed E-state index contributed by atoms with van der Waals surface area (Å²) in [6.07, 6.45) is 1.17. The van der Waals surface area contributed by atoms with Crippen molar-refractivity contribution in [1.82, 2.24) is 18.9 Å². The maximum Gasteiger partial charge on any atom is 0.247 e. The third-order valence-corrected chi connectivity index (χ3v) is 7.75.